The molecule has 1 saturated heterocycles. The van der Waals surface area contributed by atoms with Crippen LogP contribution in [0.25, 0.3) is 5.76 Å². The topological polar surface area (TPSA) is 102 Å². The molecule has 1 aromatic heterocycles. The van der Waals surface area contributed by atoms with E-state index >= 15 is 0 Å². The molecule has 1 fully saturated rings. The molecule has 4 aromatic rings. The van der Waals surface area contributed by atoms with Crippen LogP contribution in [-0.4, -0.2) is 40.2 Å². The Bertz CT molecular complexity index is 1660. The van der Waals surface area contributed by atoms with Gasteiger partial charge in [0.25, 0.3) is 5.78 Å². The lowest BCUT2D eigenvalue weighted by Gasteiger charge is -2.23. The van der Waals surface area contributed by atoms with E-state index in [0.717, 1.165) is 21.4 Å². The van der Waals surface area contributed by atoms with Gasteiger partial charge in [-0.05, 0) is 53.6 Å². The maximum atomic E-state index is 13.5. The first-order valence-electron chi connectivity index (χ1n) is 12.1. The van der Waals surface area contributed by atoms with Gasteiger partial charge in [0.15, 0.2) is 15.8 Å². The molecule has 2 aliphatic rings. The summed E-state index contributed by atoms with van der Waals surface area (Å²) in [6.07, 6.45) is 0. The van der Waals surface area contributed by atoms with E-state index < -0.39 is 17.7 Å². The highest BCUT2D eigenvalue weighted by atomic mass is 79.9. The predicted octanol–water partition coefficient (Wildman–Crippen LogP) is 6.13. The average molecular weight is 641 g/mol. The predicted molar refractivity (Wildman–Crippen MR) is 152 cm³/mol. The number of rotatable bonds is 6. The van der Waals surface area contributed by atoms with E-state index in [9.17, 15) is 19.1 Å². The van der Waals surface area contributed by atoms with Crippen LogP contribution in [0.2, 0.25) is 0 Å². The lowest BCUT2D eigenvalue weighted by atomic mass is 9.95. The van der Waals surface area contributed by atoms with E-state index in [1.54, 1.807) is 48.5 Å². The van der Waals surface area contributed by atoms with Crippen molar-refractivity contribution in [3.8, 4) is 11.5 Å². The van der Waals surface area contributed by atoms with Gasteiger partial charge < -0.3 is 14.6 Å². The van der Waals surface area contributed by atoms with E-state index in [1.807, 2.05) is 6.07 Å². The lowest BCUT2D eigenvalue weighted by Crippen LogP contribution is -2.29. The van der Waals surface area contributed by atoms with Gasteiger partial charge in [-0.25, -0.2) is 4.39 Å². The van der Waals surface area contributed by atoms with Crippen LogP contribution in [-0.2, 0) is 15.3 Å². The van der Waals surface area contributed by atoms with E-state index in [-0.39, 0.29) is 22.3 Å². The Labute approximate surface area is 244 Å². The molecule has 0 radical (unpaired) electrons. The largest absolute Gasteiger partial charge is 0.507 e. The lowest BCUT2D eigenvalue weighted by molar-refractivity contribution is -0.132. The number of ketones is 1. The van der Waals surface area contributed by atoms with Crippen LogP contribution < -0.4 is 14.4 Å². The number of carbonyl (C=O) groups excluding carboxylic acids is 2. The van der Waals surface area contributed by atoms with Gasteiger partial charge in [0.1, 0.15) is 24.8 Å². The third-order valence-electron chi connectivity index (χ3n) is 6.30. The van der Waals surface area contributed by atoms with Gasteiger partial charge in [0.2, 0.25) is 5.13 Å². The summed E-state index contributed by atoms with van der Waals surface area (Å²) in [5.74, 6) is -0.818. The van der Waals surface area contributed by atoms with E-state index in [2.05, 4.69) is 26.1 Å². The number of carbonyl (C=O) groups is 2. The second kappa shape index (κ2) is 11.0. The summed E-state index contributed by atoms with van der Waals surface area (Å²) < 4.78 is 25.8. The molecule has 202 valence electrons. The quantitative estimate of drug-likeness (QED) is 0.0884. The fraction of sp³-hybridized carbons (Fsp3) is 0.143. The molecule has 0 spiro atoms. The zero-order valence-electron chi connectivity index (χ0n) is 20.5. The van der Waals surface area contributed by atoms with Gasteiger partial charge in [-0.1, -0.05) is 63.3 Å². The Morgan fingerprint density at radius 2 is 1.82 bits per heavy atom. The molecule has 1 amide bonds. The van der Waals surface area contributed by atoms with Crippen molar-refractivity contribution in [3.05, 3.63) is 99.3 Å². The number of hydrogen-bond donors (Lipinski definition) is 1. The zero-order valence-corrected chi connectivity index (χ0v) is 23.8. The first-order valence-corrected chi connectivity index (χ1v) is 14.7. The molecule has 1 unspecified atom stereocenters. The molecular weight excluding hydrogens is 621 g/mol. The van der Waals surface area contributed by atoms with Crippen LogP contribution in [0.15, 0.2) is 81.1 Å². The summed E-state index contributed by atoms with van der Waals surface area (Å²) in [6.45, 7) is 0.774. The SMILES string of the molecule is O=C1C(=O)N(c2nnc(SCc3ccc(F)cc3)s2)C(c2cccc(Br)c2)/C1=C(\O)c1ccc2c(c1)OCCO2. The number of aliphatic hydroxyl groups is 1. The van der Waals surface area contributed by atoms with Gasteiger partial charge in [-0.2, -0.15) is 0 Å². The van der Waals surface area contributed by atoms with Crippen molar-refractivity contribution in [2.45, 2.75) is 16.1 Å². The maximum Gasteiger partial charge on any atom is 0.301 e. The van der Waals surface area contributed by atoms with E-state index in [0.29, 0.717) is 45.9 Å². The van der Waals surface area contributed by atoms with Crippen LogP contribution in [0, 0.1) is 5.82 Å². The van der Waals surface area contributed by atoms with Crippen LogP contribution in [0.4, 0.5) is 9.52 Å². The Morgan fingerprint density at radius 3 is 2.60 bits per heavy atom. The molecule has 0 aliphatic carbocycles. The van der Waals surface area contributed by atoms with Crippen LogP contribution in [0.5, 0.6) is 11.5 Å². The van der Waals surface area contributed by atoms with Gasteiger partial charge in [-0.3, -0.25) is 14.5 Å². The van der Waals surface area contributed by atoms with Crippen molar-refractivity contribution in [1.29, 1.82) is 0 Å². The Balaban J connectivity index is 1.38. The molecule has 2 aliphatic heterocycles. The molecule has 0 bridgehead atoms. The van der Waals surface area contributed by atoms with Crippen LogP contribution >= 0.6 is 39.0 Å². The van der Waals surface area contributed by atoms with E-state index in [1.165, 1.54) is 28.8 Å². The van der Waals surface area contributed by atoms with E-state index in [4.69, 9.17) is 9.47 Å². The molecule has 1 atom stereocenters. The molecule has 0 saturated carbocycles. The van der Waals surface area contributed by atoms with Crippen molar-refractivity contribution >= 4 is 61.6 Å². The van der Waals surface area contributed by atoms with Gasteiger partial charge in [-0.15, -0.1) is 10.2 Å². The minimum absolute atomic E-state index is 0.0736. The monoisotopic (exact) mass is 639 g/mol. The average Bonchev–Trinajstić information content (AvgIpc) is 3.54. The third-order valence-corrected chi connectivity index (χ3v) is 8.92. The number of Topliss-reactive ketones (excluding diaryl/α,β-unsaturated/α-hetero) is 1. The van der Waals surface area contributed by atoms with Crippen LogP contribution in [0.3, 0.4) is 0 Å². The Morgan fingerprint density at radius 1 is 1.05 bits per heavy atom. The number of anilines is 1. The normalized spacial score (nSPS) is 17.9. The highest BCUT2D eigenvalue weighted by Gasteiger charge is 2.48. The highest BCUT2D eigenvalue weighted by molar-refractivity contribution is 9.10. The number of hydrogen-bond acceptors (Lipinski definition) is 9. The van der Waals surface area contributed by atoms with Crippen molar-refractivity contribution in [2.75, 3.05) is 18.1 Å². The molecule has 40 heavy (non-hydrogen) atoms. The van der Waals surface area contributed by atoms with Gasteiger partial charge in [0, 0.05) is 15.8 Å². The molecule has 8 nitrogen and oxygen atoms in total. The number of ether oxygens (including phenoxy) is 2. The smallest absolute Gasteiger partial charge is 0.301 e. The van der Waals surface area contributed by atoms with Gasteiger partial charge >= 0.3 is 5.91 Å². The Kier molecular flexibility index (Phi) is 7.30. The number of thioether (sulfide) groups is 1. The molecule has 12 heteroatoms. The number of aromatic nitrogens is 2. The minimum Gasteiger partial charge on any atom is -0.507 e. The number of benzene rings is 3. The first-order chi connectivity index (χ1) is 19.4. The molecule has 1 N–H and O–H groups in total. The Hall–Kier alpha value is -3.74. The fourth-order valence-electron chi connectivity index (χ4n) is 4.45. The fourth-order valence-corrected chi connectivity index (χ4v) is 6.69. The highest BCUT2D eigenvalue weighted by Crippen LogP contribution is 2.45. The standard InChI is InChI=1S/C28H19BrFN3O5S2/c29-18-3-1-2-16(12-18)23-22(24(34)17-6-9-20-21(13-17)38-11-10-37-20)25(35)26(36)33(23)27-31-32-28(40-27)39-14-15-4-7-19(30)8-5-15/h1-9,12-13,23,34H,10-11,14H2/b24-22+. The summed E-state index contributed by atoms with van der Waals surface area (Å²) in [4.78, 5) is 28.2. The minimum atomic E-state index is -0.950. The van der Waals surface area contributed by atoms with Crippen molar-refractivity contribution in [1.82, 2.24) is 10.2 Å². The van der Waals surface area contributed by atoms with Crippen LogP contribution in [0.1, 0.15) is 22.7 Å². The number of aliphatic hydroxyl groups excluding tert-OH is 1. The number of fused-ring (bicyclic) bond motifs is 1. The number of amides is 1. The third kappa shape index (κ3) is 5.09. The molecule has 3 heterocycles. The first kappa shape index (κ1) is 26.5. The summed E-state index contributed by atoms with van der Waals surface area (Å²) in [5.41, 5.74) is 1.74. The van der Waals surface area contributed by atoms with Gasteiger partial charge in [0.05, 0.1) is 11.6 Å². The van der Waals surface area contributed by atoms with Crippen molar-refractivity contribution in [2.24, 2.45) is 0 Å². The summed E-state index contributed by atoms with van der Waals surface area (Å²) in [5, 5.41) is 20.1. The molecule has 3 aromatic carbocycles. The second-order valence-electron chi connectivity index (χ2n) is 8.85. The summed E-state index contributed by atoms with van der Waals surface area (Å²) in [7, 11) is 0. The van der Waals surface area contributed by atoms with Crippen molar-refractivity contribution < 1.29 is 28.6 Å². The maximum absolute atomic E-state index is 13.5. The number of halogens is 2. The zero-order chi connectivity index (χ0) is 27.8. The molecular formula is C28H19BrFN3O5S2. The summed E-state index contributed by atoms with van der Waals surface area (Å²) >= 11 is 6.00. The second-order valence-corrected chi connectivity index (χ2v) is 11.9. The molecule has 6 rings (SSSR count). The van der Waals surface area contributed by atoms with Crippen molar-refractivity contribution in [3.63, 3.8) is 0 Å². The number of nitrogens with zero attached hydrogens (tertiary/aromatic N) is 3. The summed E-state index contributed by atoms with van der Waals surface area (Å²) in [6, 6.07) is 17.2.